The molecule has 1 aliphatic rings. The van der Waals surface area contributed by atoms with Gasteiger partial charge in [-0.3, -0.25) is 28.7 Å². The summed E-state index contributed by atoms with van der Waals surface area (Å²) in [5.41, 5.74) is -3.30. The molecule has 0 amide bonds. The van der Waals surface area contributed by atoms with E-state index in [-0.39, 0.29) is 34.1 Å². The van der Waals surface area contributed by atoms with Crippen LogP contribution in [0.5, 0.6) is 23.3 Å². The van der Waals surface area contributed by atoms with Crippen LogP contribution in [0.15, 0.2) is 37.4 Å². The van der Waals surface area contributed by atoms with E-state index in [0.717, 1.165) is 9.13 Å². The molecule has 0 saturated carbocycles. The normalized spacial score (nSPS) is 14.9. The van der Waals surface area contributed by atoms with Gasteiger partial charge in [-0.25, -0.2) is 9.59 Å². The number of hydrogen-bond acceptors (Lipinski definition) is 7. The molecule has 1 aliphatic heterocycles. The first-order valence-corrected chi connectivity index (χ1v) is 8.06. The second-order valence-corrected chi connectivity index (χ2v) is 6.35. The van der Waals surface area contributed by atoms with E-state index >= 15 is 0 Å². The van der Waals surface area contributed by atoms with Crippen LogP contribution >= 0.6 is 0 Å². The van der Waals surface area contributed by atoms with Crippen LogP contribution < -0.4 is 27.2 Å². The summed E-state index contributed by atoms with van der Waals surface area (Å²) in [6.45, 7) is 0. The van der Waals surface area contributed by atoms with Gasteiger partial charge >= 0.3 is 11.4 Å². The van der Waals surface area contributed by atoms with Gasteiger partial charge in [0.2, 0.25) is 11.8 Å². The Hall–Kier alpha value is -4.02. The standard InChI is InChI=1S/C17H14N4O7/c1-20-14(24)10(12(23)18-16(20)26)9-7-4-3-6(22)5-8(7)28-13-11(9)15(25)21(2)17(27)19-13/h3-5,9,22,24H,1-2H3,(H,19,27)(H,18,23,26)/t9-/m1/s1. The molecule has 0 fully saturated rings. The van der Waals surface area contributed by atoms with Crippen molar-refractivity contribution in [2.45, 2.75) is 5.92 Å². The van der Waals surface area contributed by atoms with E-state index in [0.29, 0.717) is 0 Å². The molecule has 0 radical (unpaired) electrons. The highest BCUT2D eigenvalue weighted by atomic mass is 16.5. The van der Waals surface area contributed by atoms with Crippen molar-refractivity contribution in [3.8, 4) is 23.3 Å². The van der Waals surface area contributed by atoms with Crippen molar-refractivity contribution < 1.29 is 14.9 Å². The Balaban J connectivity index is 2.18. The summed E-state index contributed by atoms with van der Waals surface area (Å²) in [6.07, 6.45) is 0. The van der Waals surface area contributed by atoms with Crippen molar-refractivity contribution in [3.05, 3.63) is 76.6 Å². The van der Waals surface area contributed by atoms with Crippen molar-refractivity contribution in [2.75, 3.05) is 0 Å². The summed E-state index contributed by atoms with van der Waals surface area (Å²) >= 11 is 0. The second kappa shape index (κ2) is 5.74. The SMILES string of the molecule is Cn1c(O)c([C@H]2c3ccc(O)cc3Oc3[nH]c(=O)n(C)c(=O)c32)c(=O)[nH]c1=O. The largest absolute Gasteiger partial charge is 0.508 e. The highest BCUT2D eigenvalue weighted by Gasteiger charge is 2.37. The molecule has 4 N–H and O–H groups in total. The highest BCUT2D eigenvalue weighted by molar-refractivity contribution is 5.58. The molecular weight excluding hydrogens is 372 g/mol. The molecule has 3 heterocycles. The molecule has 0 unspecified atom stereocenters. The van der Waals surface area contributed by atoms with Gasteiger partial charge in [0.25, 0.3) is 11.1 Å². The Morgan fingerprint density at radius 1 is 0.964 bits per heavy atom. The Labute approximate surface area is 154 Å². The lowest BCUT2D eigenvalue weighted by atomic mass is 9.84. The third-order valence-corrected chi connectivity index (χ3v) is 4.73. The second-order valence-electron chi connectivity index (χ2n) is 6.35. The van der Waals surface area contributed by atoms with Gasteiger partial charge in [0, 0.05) is 25.7 Å². The smallest absolute Gasteiger partial charge is 0.330 e. The summed E-state index contributed by atoms with van der Waals surface area (Å²) < 4.78 is 7.19. The topological polar surface area (TPSA) is 159 Å². The number of aromatic amines is 2. The zero-order chi connectivity index (χ0) is 20.3. The zero-order valence-corrected chi connectivity index (χ0v) is 14.6. The predicted octanol–water partition coefficient (Wildman–Crippen LogP) is -0.842. The van der Waals surface area contributed by atoms with Crippen molar-refractivity contribution in [1.29, 1.82) is 0 Å². The number of H-pyrrole nitrogens is 2. The fourth-order valence-corrected chi connectivity index (χ4v) is 3.26. The molecule has 0 aliphatic carbocycles. The number of nitrogens with zero attached hydrogens (tertiary/aromatic N) is 2. The number of phenolic OH excluding ortho intramolecular Hbond substituents is 1. The lowest BCUT2D eigenvalue weighted by molar-refractivity contribution is 0.395. The molecular formula is C17H14N4O7. The third kappa shape index (κ3) is 2.29. The minimum atomic E-state index is -1.16. The van der Waals surface area contributed by atoms with Crippen molar-refractivity contribution >= 4 is 0 Å². The zero-order valence-electron chi connectivity index (χ0n) is 14.6. The summed E-state index contributed by atoms with van der Waals surface area (Å²) in [5, 5.41) is 20.3. The average Bonchev–Trinajstić information content (AvgIpc) is 2.63. The molecule has 144 valence electrons. The minimum Gasteiger partial charge on any atom is -0.508 e. The van der Waals surface area contributed by atoms with Crippen molar-refractivity contribution in [2.24, 2.45) is 14.1 Å². The number of benzene rings is 1. The summed E-state index contributed by atoms with van der Waals surface area (Å²) in [6, 6.07) is 3.99. The molecule has 1 aromatic carbocycles. The van der Waals surface area contributed by atoms with Crippen LogP contribution in [0.2, 0.25) is 0 Å². The van der Waals surface area contributed by atoms with Crippen LogP contribution in [0.25, 0.3) is 0 Å². The number of nitrogens with one attached hydrogen (secondary N) is 2. The van der Waals surface area contributed by atoms with Gasteiger partial charge in [-0.15, -0.1) is 0 Å². The van der Waals surface area contributed by atoms with Gasteiger partial charge in [0.1, 0.15) is 11.5 Å². The lowest BCUT2D eigenvalue weighted by Crippen LogP contribution is -2.39. The molecule has 11 heteroatoms. The Bertz CT molecular complexity index is 1370. The van der Waals surface area contributed by atoms with Crippen LogP contribution in [0.4, 0.5) is 0 Å². The Morgan fingerprint density at radius 3 is 2.36 bits per heavy atom. The summed E-state index contributed by atoms with van der Waals surface area (Å²) in [4.78, 5) is 53.6. The predicted molar refractivity (Wildman–Crippen MR) is 95.4 cm³/mol. The Kier molecular flexibility index (Phi) is 3.57. The number of aromatic hydroxyl groups is 2. The van der Waals surface area contributed by atoms with Crippen LogP contribution in [-0.2, 0) is 14.1 Å². The quantitative estimate of drug-likeness (QED) is 0.332. The van der Waals surface area contributed by atoms with E-state index < -0.39 is 34.3 Å². The van der Waals surface area contributed by atoms with Gasteiger partial charge in [-0.05, 0) is 6.07 Å². The van der Waals surface area contributed by atoms with Crippen molar-refractivity contribution in [3.63, 3.8) is 0 Å². The molecule has 4 rings (SSSR count). The number of fused-ring (bicyclic) bond motifs is 2. The summed E-state index contributed by atoms with van der Waals surface area (Å²) in [7, 11) is 2.50. The first-order valence-electron chi connectivity index (χ1n) is 8.06. The maximum atomic E-state index is 12.8. The number of aromatic nitrogens is 4. The van der Waals surface area contributed by atoms with Crippen LogP contribution in [0.3, 0.4) is 0 Å². The molecule has 1 atom stereocenters. The number of hydrogen-bond donors (Lipinski definition) is 4. The van der Waals surface area contributed by atoms with E-state index in [1.165, 1.54) is 32.3 Å². The van der Waals surface area contributed by atoms with Crippen LogP contribution in [-0.4, -0.2) is 29.3 Å². The van der Waals surface area contributed by atoms with Gasteiger partial charge in [-0.1, -0.05) is 6.07 Å². The van der Waals surface area contributed by atoms with Crippen molar-refractivity contribution in [1.82, 2.24) is 19.1 Å². The van der Waals surface area contributed by atoms with Gasteiger partial charge < -0.3 is 14.9 Å². The number of ether oxygens (including phenoxy) is 1. The molecule has 0 saturated heterocycles. The van der Waals surface area contributed by atoms with E-state index in [1.54, 1.807) is 0 Å². The first-order chi connectivity index (χ1) is 13.2. The van der Waals surface area contributed by atoms with E-state index in [1.807, 2.05) is 0 Å². The third-order valence-electron chi connectivity index (χ3n) is 4.73. The molecule has 0 bridgehead atoms. The average molecular weight is 386 g/mol. The molecule has 2 aromatic heterocycles. The lowest BCUT2D eigenvalue weighted by Gasteiger charge is -2.27. The van der Waals surface area contributed by atoms with E-state index in [9.17, 15) is 29.4 Å². The maximum Gasteiger partial charge on any atom is 0.330 e. The van der Waals surface area contributed by atoms with Crippen LogP contribution in [0, 0.1) is 0 Å². The monoisotopic (exact) mass is 386 g/mol. The fraction of sp³-hybridized carbons (Fsp3) is 0.176. The first kappa shape index (κ1) is 17.4. The molecule has 0 spiro atoms. The van der Waals surface area contributed by atoms with Gasteiger partial charge in [-0.2, -0.15) is 0 Å². The minimum absolute atomic E-state index is 0.0778. The van der Waals surface area contributed by atoms with Gasteiger partial charge in [0.05, 0.1) is 17.0 Å². The number of rotatable bonds is 1. The highest BCUT2D eigenvalue weighted by Crippen LogP contribution is 2.46. The fourth-order valence-electron chi connectivity index (χ4n) is 3.26. The van der Waals surface area contributed by atoms with Gasteiger partial charge in [0.15, 0.2) is 0 Å². The molecule has 28 heavy (non-hydrogen) atoms. The number of phenols is 1. The van der Waals surface area contributed by atoms with Crippen LogP contribution in [0.1, 0.15) is 22.6 Å². The molecule has 11 nitrogen and oxygen atoms in total. The Morgan fingerprint density at radius 2 is 1.64 bits per heavy atom. The summed E-state index contributed by atoms with van der Waals surface area (Å²) in [5.74, 6) is -2.09. The van der Waals surface area contributed by atoms with E-state index in [2.05, 4.69) is 9.97 Å². The maximum absolute atomic E-state index is 12.8. The van der Waals surface area contributed by atoms with E-state index in [4.69, 9.17) is 4.74 Å². The molecule has 3 aromatic rings.